The van der Waals surface area contributed by atoms with E-state index in [0.29, 0.717) is 12.5 Å². The molecule has 4 N–H and O–H groups in total. The number of nitrogen functional groups attached to an aromatic ring is 1. The van der Waals surface area contributed by atoms with Gasteiger partial charge < -0.3 is 20.5 Å². The Bertz CT molecular complexity index is 539. The Morgan fingerprint density at radius 3 is 3.12 bits per heavy atom. The van der Waals surface area contributed by atoms with E-state index in [1.54, 1.807) is 0 Å². The van der Waals surface area contributed by atoms with Gasteiger partial charge in [0.05, 0.1) is 0 Å². The van der Waals surface area contributed by atoms with Crippen LogP contribution in [0.4, 0.5) is 11.9 Å². The van der Waals surface area contributed by atoms with Crippen molar-refractivity contribution in [3.8, 4) is 11.5 Å². The summed E-state index contributed by atoms with van der Waals surface area (Å²) in [4.78, 5) is 2.79. The fourth-order valence-electron chi connectivity index (χ4n) is 1.66. The Balaban J connectivity index is 1.75. The molecule has 7 nitrogen and oxygen atoms in total. The normalized spacial score (nSPS) is 12.7. The maximum absolute atomic E-state index is 5.42. The Kier molecular flexibility index (Phi) is 2.21. The molecule has 0 atom stereocenters. The zero-order valence-corrected chi connectivity index (χ0v) is 8.93. The number of nitrogens with one attached hydrogen (secondary N) is 2. The van der Waals surface area contributed by atoms with Crippen LogP contribution in [0.3, 0.4) is 0 Å². The zero-order valence-electron chi connectivity index (χ0n) is 8.93. The van der Waals surface area contributed by atoms with Crippen LogP contribution in [0.2, 0.25) is 0 Å². The van der Waals surface area contributed by atoms with E-state index in [4.69, 9.17) is 15.2 Å². The molecule has 1 aliphatic rings. The highest BCUT2D eigenvalue weighted by atomic mass is 16.7. The first-order valence-corrected chi connectivity index (χ1v) is 5.12. The van der Waals surface area contributed by atoms with Gasteiger partial charge in [0.25, 0.3) is 0 Å². The fraction of sp³-hybridized carbons (Fsp3) is 0.200. The summed E-state index contributed by atoms with van der Waals surface area (Å²) in [7, 11) is 0. The first kappa shape index (κ1) is 9.76. The Labute approximate surface area is 96.9 Å². The largest absolute Gasteiger partial charge is 0.454 e. The number of benzene rings is 1. The highest BCUT2D eigenvalue weighted by Gasteiger charge is 2.16. The minimum absolute atomic E-state index is 0.265. The second-order valence-electron chi connectivity index (χ2n) is 3.56. The number of ether oxygens (including phenoxy) is 2. The fourth-order valence-corrected chi connectivity index (χ4v) is 1.66. The molecule has 0 saturated carbocycles. The average Bonchev–Trinajstić information content (AvgIpc) is 2.94. The Morgan fingerprint density at radius 2 is 2.29 bits per heavy atom. The smallest absolute Gasteiger partial charge is 0.231 e. The van der Waals surface area contributed by atoms with E-state index in [9.17, 15) is 0 Å². The van der Waals surface area contributed by atoms with Gasteiger partial charge in [0.2, 0.25) is 18.7 Å². The predicted molar refractivity (Wildman–Crippen MR) is 60.7 cm³/mol. The van der Waals surface area contributed by atoms with E-state index in [1.165, 1.54) is 0 Å². The first-order valence-electron chi connectivity index (χ1n) is 5.12. The summed E-state index contributed by atoms with van der Waals surface area (Å²) in [5, 5.41) is 10.5. The lowest BCUT2D eigenvalue weighted by Crippen LogP contribution is -2.02. The summed E-state index contributed by atoms with van der Waals surface area (Å²) < 4.78 is 10.7. The molecule has 0 spiro atoms. The molecule has 7 heteroatoms. The third-order valence-corrected chi connectivity index (χ3v) is 2.43. The number of nitrogens with two attached hydrogens (primary N) is 1. The minimum Gasteiger partial charge on any atom is -0.454 e. The molecule has 0 amide bonds. The second kappa shape index (κ2) is 3.85. The van der Waals surface area contributed by atoms with Gasteiger partial charge in [-0.1, -0.05) is 12.1 Å². The molecule has 2 heterocycles. The van der Waals surface area contributed by atoms with Gasteiger partial charge in [-0.15, -0.1) is 10.2 Å². The van der Waals surface area contributed by atoms with E-state index in [0.717, 1.165) is 17.1 Å². The number of hydrogen-bond acceptors (Lipinski definition) is 6. The number of fused-ring (bicyclic) bond motifs is 1. The summed E-state index contributed by atoms with van der Waals surface area (Å²) in [6.07, 6.45) is 0. The number of hydrogen-bond donors (Lipinski definition) is 3. The van der Waals surface area contributed by atoms with Gasteiger partial charge in [0.15, 0.2) is 11.5 Å². The molecular weight excluding hydrogens is 222 g/mol. The van der Waals surface area contributed by atoms with E-state index in [2.05, 4.69) is 20.5 Å². The van der Waals surface area contributed by atoms with E-state index in [1.807, 2.05) is 18.2 Å². The number of anilines is 2. The second-order valence-corrected chi connectivity index (χ2v) is 3.56. The van der Waals surface area contributed by atoms with Crippen LogP contribution in [0.15, 0.2) is 18.2 Å². The molecule has 88 valence electrons. The molecule has 0 unspecified atom stereocenters. The van der Waals surface area contributed by atoms with Crippen LogP contribution in [0.1, 0.15) is 5.56 Å². The van der Waals surface area contributed by atoms with Crippen molar-refractivity contribution in [2.75, 3.05) is 17.8 Å². The van der Waals surface area contributed by atoms with Crippen LogP contribution in [-0.2, 0) is 6.54 Å². The number of rotatable bonds is 3. The van der Waals surface area contributed by atoms with Crippen LogP contribution in [0.25, 0.3) is 0 Å². The van der Waals surface area contributed by atoms with Crippen molar-refractivity contribution in [2.24, 2.45) is 0 Å². The molecule has 1 aliphatic heterocycles. The Hall–Kier alpha value is -2.44. The molecule has 0 saturated heterocycles. The predicted octanol–water partition coefficient (Wildman–Crippen LogP) is 0.728. The van der Waals surface area contributed by atoms with Crippen molar-refractivity contribution in [2.45, 2.75) is 6.54 Å². The maximum Gasteiger partial charge on any atom is 0.231 e. The molecule has 0 fully saturated rings. The molecule has 2 aromatic rings. The topological polar surface area (TPSA) is 98.1 Å². The number of nitrogens with zero attached hydrogens (tertiary/aromatic N) is 2. The standard InChI is InChI=1S/C10H11N5O2/c11-9-13-10(15-14-9)12-4-6-2-1-3-7-8(6)17-5-16-7/h1-3H,4-5H2,(H4,11,12,13,14,15). The monoisotopic (exact) mass is 233 g/mol. The zero-order chi connectivity index (χ0) is 11.7. The molecule has 1 aromatic carbocycles. The van der Waals surface area contributed by atoms with Gasteiger partial charge in [-0.2, -0.15) is 0 Å². The highest BCUT2D eigenvalue weighted by Crippen LogP contribution is 2.35. The van der Waals surface area contributed by atoms with E-state index < -0.39 is 0 Å². The van der Waals surface area contributed by atoms with Crippen molar-refractivity contribution >= 4 is 11.9 Å². The summed E-state index contributed by atoms with van der Waals surface area (Å²) in [6.45, 7) is 0.822. The van der Waals surface area contributed by atoms with Gasteiger partial charge in [0, 0.05) is 12.1 Å². The lowest BCUT2D eigenvalue weighted by atomic mass is 10.2. The van der Waals surface area contributed by atoms with E-state index in [-0.39, 0.29) is 12.7 Å². The number of H-pyrrole nitrogens is 1. The Morgan fingerprint density at radius 1 is 1.35 bits per heavy atom. The first-order chi connectivity index (χ1) is 8.33. The number of aromatic amines is 1. The van der Waals surface area contributed by atoms with Crippen LogP contribution in [0.5, 0.6) is 11.5 Å². The van der Waals surface area contributed by atoms with Crippen LogP contribution in [0, 0.1) is 0 Å². The molecule has 3 rings (SSSR count). The molecule has 17 heavy (non-hydrogen) atoms. The third kappa shape index (κ3) is 1.82. The summed E-state index contributed by atoms with van der Waals surface area (Å²) >= 11 is 0. The van der Waals surface area contributed by atoms with Crippen molar-refractivity contribution in [3.63, 3.8) is 0 Å². The van der Waals surface area contributed by atoms with Crippen LogP contribution in [-0.4, -0.2) is 22.0 Å². The maximum atomic E-state index is 5.42. The van der Waals surface area contributed by atoms with Crippen molar-refractivity contribution in [1.29, 1.82) is 0 Å². The molecule has 0 bridgehead atoms. The number of para-hydroxylation sites is 1. The summed E-state index contributed by atoms with van der Waals surface area (Å²) in [5.41, 5.74) is 6.42. The molecule has 1 aromatic heterocycles. The molecular formula is C10H11N5O2. The minimum atomic E-state index is 0.265. The summed E-state index contributed by atoms with van der Waals surface area (Å²) in [6, 6.07) is 5.75. The quantitative estimate of drug-likeness (QED) is 0.722. The molecule has 0 radical (unpaired) electrons. The van der Waals surface area contributed by atoms with Gasteiger partial charge >= 0.3 is 0 Å². The van der Waals surface area contributed by atoms with Crippen LogP contribution < -0.4 is 20.5 Å². The third-order valence-electron chi connectivity index (χ3n) is 2.43. The van der Waals surface area contributed by atoms with Gasteiger partial charge in [-0.3, -0.25) is 4.98 Å². The lowest BCUT2D eigenvalue weighted by molar-refractivity contribution is 0.173. The van der Waals surface area contributed by atoms with E-state index >= 15 is 0 Å². The van der Waals surface area contributed by atoms with Gasteiger partial charge in [-0.25, -0.2) is 0 Å². The van der Waals surface area contributed by atoms with Crippen molar-refractivity contribution < 1.29 is 9.47 Å². The van der Waals surface area contributed by atoms with Crippen molar-refractivity contribution in [3.05, 3.63) is 23.8 Å². The molecule has 0 aliphatic carbocycles. The van der Waals surface area contributed by atoms with Gasteiger partial charge in [0.1, 0.15) is 0 Å². The van der Waals surface area contributed by atoms with Crippen molar-refractivity contribution in [1.82, 2.24) is 15.2 Å². The highest BCUT2D eigenvalue weighted by molar-refractivity contribution is 5.49. The average molecular weight is 233 g/mol. The lowest BCUT2D eigenvalue weighted by Gasteiger charge is -2.05. The van der Waals surface area contributed by atoms with Crippen LogP contribution >= 0.6 is 0 Å². The SMILES string of the molecule is Nc1nnc(NCc2cccc3c2OCO3)[nH]1. The summed E-state index contributed by atoms with van der Waals surface area (Å²) in [5.74, 6) is 2.35. The number of aromatic nitrogens is 3. The van der Waals surface area contributed by atoms with Gasteiger partial charge in [-0.05, 0) is 6.07 Å².